The number of amides is 2. The first kappa shape index (κ1) is 17.4. The molecule has 8 heteroatoms. The number of likely N-dealkylation sites (tertiary alicyclic amines) is 1. The number of ether oxygens (including phenoxy) is 1. The van der Waals surface area contributed by atoms with E-state index >= 15 is 0 Å². The van der Waals surface area contributed by atoms with Crippen molar-refractivity contribution in [2.75, 3.05) is 38.2 Å². The monoisotopic (exact) mass is 347 g/mol. The summed E-state index contributed by atoms with van der Waals surface area (Å²) in [6.07, 6.45) is 5.59. The number of carbonyl (C=O) groups excluding carboxylic acids is 2. The van der Waals surface area contributed by atoms with Gasteiger partial charge in [-0.3, -0.25) is 9.59 Å². The number of piperidine rings is 1. The Bertz CT molecular complexity index is 630. The summed E-state index contributed by atoms with van der Waals surface area (Å²) < 4.78 is 5.26. The van der Waals surface area contributed by atoms with E-state index in [4.69, 9.17) is 4.74 Å². The van der Waals surface area contributed by atoms with E-state index in [0.29, 0.717) is 25.5 Å². The van der Waals surface area contributed by atoms with Crippen molar-refractivity contribution in [2.24, 2.45) is 5.92 Å². The lowest BCUT2D eigenvalue weighted by Crippen LogP contribution is -2.45. The summed E-state index contributed by atoms with van der Waals surface area (Å²) in [6, 6.07) is 0.102. The number of methoxy groups -OCH3 is 1. The van der Waals surface area contributed by atoms with Gasteiger partial charge in [0.05, 0.1) is 7.11 Å². The maximum absolute atomic E-state index is 12.5. The Morgan fingerprint density at radius 2 is 1.88 bits per heavy atom. The topological polar surface area (TPSA) is 87.7 Å². The highest BCUT2D eigenvalue weighted by Gasteiger charge is 2.31. The molecule has 1 aromatic heterocycles. The number of hydrogen-bond donors (Lipinski definition) is 1. The molecule has 2 fully saturated rings. The van der Waals surface area contributed by atoms with Gasteiger partial charge in [0.2, 0.25) is 11.8 Å². The van der Waals surface area contributed by atoms with Crippen molar-refractivity contribution in [2.45, 2.75) is 32.2 Å². The molecule has 1 unspecified atom stereocenters. The lowest BCUT2D eigenvalue weighted by molar-refractivity contribution is -0.134. The van der Waals surface area contributed by atoms with Crippen LogP contribution in [0.2, 0.25) is 0 Å². The zero-order valence-electron chi connectivity index (χ0n) is 14.8. The van der Waals surface area contributed by atoms with Crippen LogP contribution in [-0.2, 0) is 9.59 Å². The second kappa shape index (κ2) is 7.67. The van der Waals surface area contributed by atoms with Gasteiger partial charge in [-0.15, -0.1) is 0 Å². The van der Waals surface area contributed by atoms with Gasteiger partial charge in [0.25, 0.3) is 5.88 Å². The first-order valence-corrected chi connectivity index (χ1v) is 8.74. The number of nitrogens with one attached hydrogen (secondary N) is 1. The summed E-state index contributed by atoms with van der Waals surface area (Å²) >= 11 is 0. The Hall–Kier alpha value is -2.38. The van der Waals surface area contributed by atoms with Crippen LogP contribution in [0.5, 0.6) is 5.88 Å². The average molecular weight is 347 g/mol. The van der Waals surface area contributed by atoms with Crippen molar-refractivity contribution in [3.63, 3.8) is 0 Å². The van der Waals surface area contributed by atoms with Crippen molar-refractivity contribution in [3.8, 4) is 5.88 Å². The van der Waals surface area contributed by atoms with Gasteiger partial charge >= 0.3 is 0 Å². The number of nitrogens with zero attached hydrogens (tertiary/aromatic N) is 4. The van der Waals surface area contributed by atoms with Crippen LogP contribution in [-0.4, -0.2) is 66.0 Å². The fourth-order valence-corrected chi connectivity index (χ4v) is 3.52. The molecule has 2 saturated heterocycles. The van der Waals surface area contributed by atoms with Crippen LogP contribution in [0, 0.1) is 5.92 Å². The standard InChI is InChI=1S/C17H25N5O3/c1-12(23)21-8-3-13(4-9-21)16(24)20-14-5-10-22(11-14)15-17(25-2)19-7-6-18-15/h6-7,13-14H,3-5,8-11H2,1-2H3,(H,20,24). The lowest BCUT2D eigenvalue weighted by Gasteiger charge is -2.31. The minimum Gasteiger partial charge on any atom is -0.478 e. The average Bonchev–Trinajstić information content (AvgIpc) is 3.10. The van der Waals surface area contributed by atoms with E-state index in [1.165, 1.54) is 0 Å². The minimum absolute atomic E-state index is 0.00398. The van der Waals surface area contributed by atoms with Gasteiger partial charge in [-0.05, 0) is 19.3 Å². The molecular weight excluding hydrogens is 322 g/mol. The lowest BCUT2D eigenvalue weighted by atomic mass is 9.95. The van der Waals surface area contributed by atoms with Crippen LogP contribution < -0.4 is 15.0 Å². The molecule has 0 spiro atoms. The van der Waals surface area contributed by atoms with Crippen LogP contribution in [0.25, 0.3) is 0 Å². The molecule has 2 aliphatic rings. The molecule has 0 bridgehead atoms. The number of carbonyl (C=O) groups is 2. The van der Waals surface area contributed by atoms with Crippen molar-refractivity contribution in [1.29, 1.82) is 0 Å². The number of rotatable bonds is 4. The van der Waals surface area contributed by atoms with Crippen LogP contribution in [0.1, 0.15) is 26.2 Å². The predicted molar refractivity (Wildman–Crippen MR) is 92.3 cm³/mol. The molecule has 8 nitrogen and oxygen atoms in total. The third kappa shape index (κ3) is 4.00. The molecule has 1 N–H and O–H groups in total. The molecule has 3 heterocycles. The zero-order chi connectivity index (χ0) is 17.8. The third-order valence-electron chi connectivity index (χ3n) is 4.99. The van der Waals surface area contributed by atoms with E-state index in [9.17, 15) is 9.59 Å². The highest BCUT2D eigenvalue weighted by Crippen LogP contribution is 2.26. The molecule has 3 rings (SSSR count). The summed E-state index contributed by atoms with van der Waals surface area (Å²) in [4.78, 5) is 36.3. The van der Waals surface area contributed by atoms with E-state index in [2.05, 4.69) is 20.2 Å². The molecule has 25 heavy (non-hydrogen) atoms. The Morgan fingerprint density at radius 1 is 1.16 bits per heavy atom. The number of aromatic nitrogens is 2. The van der Waals surface area contributed by atoms with Crippen molar-refractivity contribution in [1.82, 2.24) is 20.2 Å². The van der Waals surface area contributed by atoms with E-state index in [-0.39, 0.29) is 23.8 Å². The highest BCUT2D eigenvalue weighted by molar-refractivity contribution is 5.80. The summed E-state index contributed by atoms with van der Waals surface area (Å²) in [5.74, 6) is 1.41. The maximum atomic E-state index is 12.5. The molecule has 0 aromatic carbocycles. The van der Waals surface area contributed by atoms with Gasteiger partial charge in [-0.25, -0.2) is 9.97 Å². The smallest absolute Gasteiger partial charge is 0.257 e. The molecule has 2 amide bonds. The number of hydrogen-bond acceptors (Lipinski definition) is 6. The summed E-state index contributed by atoms with van der Waals surface area (Å²) in [5, 5.41) is 3.16. The van der Waals surface area contributed by atoms with Crippen LogP contribution in [0.4, 0.5) is 5.82 Å². The highest BCUT2D eigenvalue weighted by atomic mass is 16.5. The SMILES string of the molecule is COc1nccnc1N1CCC(NC(=O)C2CCN(C(C)=O)CC2)C1. The quantitative estimate of drug-likeness (QED) is 0.850. The Balaban J connectivity index is 1.51. The summed E-state index contributed by atoms with van der Waals surface area (Å²) in [6.45, 7) is 4.42. The molecule has 1 aromatic rings. The fourth-order valence-electron chi connectivity index (χ4n) is 3.52. The van der Waals surface area contributed by atoms with Gasteiger partial charge in [0.15, 0.2) is 5.82 Å². The Labute approximate surface area is 147 Å². The zero-order valence-corrected chi connectivity index (χ0v) is 14.8. The molecule has 1 atom stereocenters. The molecule has 2 aliphatic heterocycles. The normalized spacial score (nSPS) is 21.3. The first-order chi connectivity index (χ1) is 12.1. The molecule has 0 saturated carbocycles. The number of anilines is 1. The molecule has 0 radical (unpaired) electrons. The van der Waals surface area contributed by atoms with Gasteiger partial charge in [-0.1, -0.05) is 0 Å². The van der Waals surface area contributed by atoms with Crippen molar-refractivity contribution >= 4 is 17.6 Å². The predicted octanol–water partition coefficient (Wildman–Crippen LogP) is 0.439. The van der Waals surface area contributed by atoms with Gasteiger partial charge in [-0.2, -0.15) is 0 Å². The maximum Gasteiger partial charge on any atom is 0.257 e. The third-order valence-corrected chi connectivity index (χ3v) is 4.99. The molecule has 136 valence electrons. The molecule has 0 aliphatic carbocycles. The van der Waals surface area contributed by atoms with E-state index < -0.39 is 0 Å². The van der Waals surface area contributed by atoms with Gasteiger partial charge < -0.3 is 19.9 Å². The van der Waals surface area contributed by atoms with Crippen molar-refractivity contribution < 1.29 is 14.3 Å². The van der Waals surface area contributed by atoms with E-state index in [1.54, 1.807) is 31.3 Å². The summed E-state index contributed by atoms with van der Waals surface area (Å²) in [7, 11) is 1.58. The summed E-state index contributed by atoms with van der Waals surface area (Å²) in [5.41, 5.74) is 0. The van der Waals surface area contributed by atoms with Gasteiger partial charge in [0, 0.05) is 57.5 Å². The first-order valence-electron chi connectivity index (χ1n) is 8.74. The van der Waals surface area contributed by atoms with Gasteiger partial charge in [0.1, 0.15) is 0 Å². The fraction of sp³-hybridized carbons (Fsp3) is 0.647. The second-order valence-corrected chi connectivity index (χ2v) is 6.61. The van der Waals surface area contributed by atoms with Crippen molar-refractivity contribution in [3.05, 3.63) is 12.4 Å². The van der Waals surface area contributed by atoms with E-state index in [0.717, 1.165) is 31.6 Å². The van der Waals surface area contributed by atoms with Crippen LogP contribution in [0.15, 0.2) is 12.4 Å². The molecular formula is C17H25N5O3. The van der Waals surface area contributed by atoms with Crippen LogP contribution in [0.3, 0.4) is 0 Å². The Kier molecular flexibility index (Phi) is 5.35. The van der Waals surface area contributed by atoms with Crippen LogP contribution >= 0.6 is 0 Å². The second-order valence-electron chi connectivity index (χ2n) is 6.61. The minimum atomic E-state index is -0.00398. The van der Waals surface area contributed by atoms with E-state index in [1.807, 2.05) is 0 Å². The Morgan fingerprint density at radius 3 is 2.56 bits per heavy atom. The largest absolute Gasteiger partial charge is 0.478 e.